The third-order valence-corrected chi connectivity index (χ3v) is 2.24. The fraction of sp³-hybridized carbons (Fsp3) is 0.545. The Kier molecular flexibility index (Phi) is 4.37. The van der Waals surface area contributed by atoms with E-state index in [-0.39, 0.29) is 6.04 Å². The van der Waals surface area contributed by atoms with Crippen LogP contribution in [0.3, 0.4) is 0 Å². The molecule has 0 aliphatic rings. The van der Waals surface area contributed by atoms with Crippen LogP contribution in [0.5, 0.6) is 0 Å². The van der Waals surface area contributed by atoms with E-state index in [4.69, 9.17) is 10.3 Å². The Balaban J connectivity index is 2.70. The summed E-state index contributed by atoms with van der Waals surface area (Å²) in [5.41, 5.74) is 3.74. The molecule has 1 heterocycles. The molecule has 5 nitrogen and oxygen atoms in total. The molecule has 0 spiro atoms. The van der Waals surface area contributed by atoms with E-state index in [0.29, 0.717) is 5.96 Å². The van der Waals surface area contributed by atoms with Crippen LogP contribution in [-0.4, -0.2) is 23.9 Å². The highest BCUT2D eigenvalue weighted by Crippen LogP contribution is 2.11. The van der Waals surface area contributed by atoms with Crippen LogP contribution >= 0.6 is 0 Å². The molecular weight excluding hydrogens is 204 g/mol. The Bertz CT molecular complexity index is 357. The Morgan fingerprint density at radius 3 is 2.75 bits per heavy atom. The molecule has 3 N–H and O–H groups in total. The summed E-state index contributed by atoms with van der Waals surface area (Å²) in [7, 11) is 1.94. The van der Waals surface area contributed by atoms with Gasteiger partial charge >= 0.3 is 0 Å². The molecule has 0 saturated carbocycles. The molecule has 0 atom stereocenters. The smallest absolute Gasteiger partial charge is 0.208 e. The third kappa shape index (κ3) is 3.27. The zero-order valence-electron chi connectivity index (χ0n) is 10.3. The summed E-state index contributed by atoms with van der Waals surface area (Å²) in [6.07, 6.45) is 1.69. The van der Waals surface area contributed by atoms with Crippen LogP contribution in [0.1, 0.15) is 25.2 Å². The van der Waals surface area contributed by atoms with Crippen LogP contribution in [0.2, 0.25) is 0 Å². The summed E-state index contributed by atoms with van der Waals surface area (Å²) in [5.74, 6) is 7.04. The summed E-state index contributed by atoms with van der Waals surface area (Å²) in [4.78, 5) is 6.34. The molecule has 1 aromatic rings. The molecule has 90 valence electrons. The van der Waals surface area contributed by atoms with E-state index in [1.807, 2.05) is 38.8 Å². The van der Waals surface area contributed by atoms with Crippen molar-refractivity contribution >= 4 is 5.96 Å². The number of nitrogens with zero attached hydrogens (tertiary/aromatic N) is 2. The van der Waals surface area contributed by atoms with Crippen LogP contribution in [-0.2, 0) is 6.54 Å². The van der Waals surface area contributed by atoms with Crippen LogP contribution in [0, 0.1) is 6.92 Å². The lowest BCUT2D eigenvalue weighted by molar-refractivity contribution is 0.461. The highest BCUT2D eigenvalue weighted by atomic mass is 16.3. The number of furan rings is 1. The normalized spacial score (nSPS) is 12.0. The van der Waals surface area contributed by atoms with Gasteiger partial charge in [0.05, 0.1) is 6.26 Å². The zero-order chi connectivity index (χ0) is 12.1. The first kappa shape index (κ1) is 12.6. The van der Waals surface area contributed by atoms with Crippen molar-refractivity contribution in [2.24, 2.45) is 10.8 Å². The number of aliphatic imine (C=N–C) groups is 1. The van der Waals surface area contributed by atoms with Crippen molar-refractivity contribution in [3.63, 3.8) is 0 Å². The summed E-state index contributed by atoms with van der Waals surface area (Å²) < 4.78 is 5.24. The van der Waals surface area contributed by atoms with Gasteiger partial charge < -0.3 is 9.32 Å². The second kappa shape index (κ2) is 5.55. The van der Waals surface area contributed by atoms with Gasteiger partial charge in [0.15, 0.2) is 0 Å². The van der Waals surface area contributed by atoms with Crippen LogP contribution in [0.25, 0.3) is 0 Å². The highest BCUT2D eigenvalue weighted by Gasteiger charge is 2.09. The monoisotopic (exact) mass is 224 g/mol. The number of rotatable bonds is 3. The molecule has 0 unspecified atom stereocenters. The van der Waals surface area contributed by atoms with E-state index < -0.39 is 0 Å². The van der Waals surface area contributed by atoms with Crippen molar-refractivity contribution in [3.8, 4) is 0 Å². The minimum Gasteiger partial charge on any atom is -0.469 e. The fourth-order valence-electron chi connectivity index (χ4n) is 1.40. The van der Waals surface area contributed by atoms with Crippen molar-refractivity contribution in [1.82, 2.24) is 10.3 Å². The second-order valence-electron chi connectivity index (χ2n) is 4.05. The van der Waals surface area contributed by atoms with Crippen molar-refractivity contribution in [2.45, 2.75) is 33.4 Å². The quantitative estimate of drug-likeness (QED) is 0.351. The predicted molar refractivity (Wildman–Crippen MR) is 64.8 cm³/mol. The molecule has 0 aliphatic carbocycles. The SMILES string of the molecule is Cc1occc1CN(C)C(=NC(C)C)NN. The first-order chi connectivity index (χ1) is 7.54. The Hall–Kier alpha value is -1.49. The Labute approximate surface area is 96.3 Å². The van der Waals surface area contributed by atoms with Gasteiger partial charge in [0.25, 0.3) is 0 Å². The summed E-state index contributed by atoms with van der Waals surface area (Å²) in [6.45, 7) is 6.68. The molecule has 16 heavy (non-hydrogen) atoms. The predicted octanol–water partition coefficient (Wildman–Crippen LogP) is 1.25. The molecule has 0 radical (unpaired) electrons. The summed E-state index contributed by atoms with van der Waals surface area (Å²) >= 11 is 0. The minimum absolute atomic E-state index is 0.207. The van der Waals surface area contributed by atoms with Gasteiger partial charge in [-0.1, -0.05) is 0 Å². The lowest BCUT2D eigenvalue weighted by atomic mass is 10.2. The van der Waals surface area contributed by atoms with Crippen LogP contribution < -0.4 is 11.3 Å². The van der Waals surface area contributed by atoms with Crippen LogP contribution in [0.4, 0.5) is 0 Å². The minimum atomic E-state index is 0.207. The second-order valence-corrected chi connectivity index (χ2v) is 4.05. The number of guanidine groups is 1. The third-order valence-electron chi connectivity index (χ3n) is 2.24. The van der Waals surface area contributed by atoms with Gasteiger partial charge in [0, 0.05) is 25.2 Å². The average molecular weight is 224 g/mol. The van der Waals surface area contributed by atoms with Crippen molar-refractivity contribution < 1.29 is 4.42 Å². The number of hydrazine groups is 1. The lowest BCUT2D eigenvalue weighted by Crippen LogP contribution is -2.43. The number of hydrogen-bond donors (Lipinski definition) is 2. The largest absolute Gasteiger partial charge is 0.469 e. The Morgan fingerprint density at radius 2 is 2.31 bits per heavy atom. The molecular formula is C11H20N4O. The van der Waals surface area contributed by atoms with Crippen molar-refractivity contribution in [2.75, 3.05) is 7.05 Å². The number of nitrogens with one attached hydrogen (secondary N) is 1. The molecule has 1 aromatic heterocycles. The number of hydrogen-bond acceptors (Lipinski definition) is 3. The summed E-state index contributed by atoms with van der Waals surface area (Å²) in [5, 5.41) is 0. The first-order valence-electron chi connectivity index (χ1n) is 5.33. The van der Waals surface area contributed by atoms with E-state index in [1.165, 1.54) is 0 Å². The van der Waals surface area contributed by atoms with E-state index in [2.05, 4.69) is 10.4 Å². The maximum atomic E-state index is 5.44. The van der Waals surface area contributed by atoms with Gasteiger partial charge in [-0.05, 0) is 26.8 Å². The van der Waals surface area contributed by atoms with Gasteiger partial charge in [-0.2, -0.15) is 0 Å². The molecule has 0 aliphatic heterocycles. The lowest BCUT2D eigenvalue weighted by Gasteiger charge is -2.21. The maximum Gasteiger partial charge on any atom is 0.208 e. The van der Waals surface area contributed by atoms with Gasteiger partial charge in [-0.25, -0.2) is 10.8 Å². The fourth-order valence-corrected chi connectivity index (χ4v) is 1.40. The molecule has 0 bridgehead atoms. The van der Waals surface area contributed by atoms with Crippen molar-refractivity contribution in [1.29, 1.82) is 0 Å². The molecule has 5 heteroatoms. The number of nitrogens with two attached hydrogens (primary N) is 1. The molecule has 0 saturated heterocycles. The maximum absolute atomic E-state index is 5.44. The topological polar surface area (TPSA) is 66.8 Å². The van der Waals surface area contributed by atoms with Gasteiger partial charge in [0.2, 0.25) is 5.96 Å². The van der Waals surface area contributed by atoms with Gasteiger partial charge in [-0.3, -0.25) is 5.43 Å². The average Bonchev–Trinajstić information content (AvgIpc) is 2.60. The zero-order valence-corrected chi connectivity index (χ0v) is 10.3. The van der Waals surface area contributed by atoms with E-state index in [1.54, 1.807) is 6.26 Å². The van der Waals surface area contributed by atoms with E-state index in [0.717, 1.165) is 17.9 Å². The van der Waals surface area contributed by atoms with Crippen molar-refractivity contribution in [3.05, 3.63) is 23.7 Å². The molecule has 0 aromatic carbocycles. The standard InChI is InChI=1S/C11H20N4O/c1-8(2)13-11(14-12)15(4)7-10-5-6-16-9(10)3/h5-6,8H,7,12H2,1-4H3,(H,13,14). The molecule has 0 amide bonds. The first-order valence-corrected chi connectivity index (χ1v) is 5.33. The number of aryl methyl sites for hydroxylation is 1. The molecule has 1 rings (SSSR count). The Morgan fingerprint density at radius 1 is 1.62 bits per heavy atom. The highest BCUT2D eigenvalue weighted by molar-refractivity contribution is 5.79. The molecule has 0 fully saturated rings. The van der Waals surface area contributed by atoms with E-state index in [9.17, 15) is 0 Å². The van der Waals surface area contributed by atoms with Gasteiger partial charge in [0.1, 0.15) is 5.76 Å². The summed E-state index contributed by atoms with van der Waals surface area (Å²) in [6, 6.07) is 2.16. The van der Waals surface area contributed by atoms with Crippen LogP contribution in [0.15, 0.2) is 21.7 Å². The van der Waals surface area contributed by atoms with Gasteiger partial charge in [-0.15, -0.1) is 0 Å². The van der Waals surface area contributed by atoms with E-state index >= 15 is 0 Å².